The Balaban J connectivity index is 1.68. The van der Waals surface area contributed by atoms with Gasteiger partial charge in [-0.25, -0.2) is 0 Å². The zero-order valence-electron chi connectivity index (χ0n) is 13.1. The van der Waals surface area contributed by atoms with Crippen LogP contribution in [-0.2, 0) is 0 Å². The van der Waals surface area contributed by atoms with E-state index in [2.05, 4.69) is 25.7 Å². The molecule has 0 aromatic rings. The molecule has 2 N–H and O–H groups in total. The second-order valence-electron chi connectivity index (χ2n) is 8.48. The van der Waals surface area contributed by atoms with Crippen molar-refractivity contribution in [2.24, 2.45) is 23.0 Å². The molecule has 3 aliphatic carbocycles. The molecule has 2 nitrogen and oxygen atoms in total. The van der Waals surface area contributed by atoms with Crippen molar-refractivity contribution in [3.8, 4) is 0 Å². The average Bonchev–Trinajstić information content (AvgIpc) is 3.19. The van der Waals surface area contributed by atoms with Crippen molar-refractivity contribution >= 4 is 0 Å². The Bertz CT molecular complexity index is 312. The third kappa shape index (κ3) is 3.33. The molecule has 3 atom stereocenters. The summed E-state index contributed by atoms with van der Waals surface area (Å²) in [7, 11) is 0. The lowest BCUT2D eigenvalue weighted by Crippen LogP contribution is -2.54. The normalized spacial score (nSPS) is 36.8. The molecule has 0 aromatic heterocycles. The maximum absolute atomic E-state index is 6.51. The minimum absolute atomic E-state index is 0.429. The Morgan fingerprint density at radius 1 is 1.00 bits per heavy atom. The molecule has 3 unspecified atom stereocenters. The van der Waals surface area contributed by atoms with Crippen LogP contribution >= 0.6 is 0 Å². The Kier molecular flexibility index (Phi) is 3.68. The molecule has 0 amide bonds. The van der Waals surface area contributed by atoms with Crippen molar-refractivity contribution in [1.29, 1.82) is 0 Å². The minimum Gasteiger partial charge on any atom is -0.326 e. The maximum Gasteiger partial charge on any atom is 0.0253 e. The van der Waals surface area contributed by atoms with Crippen LogP contribution in [0.25, 0.3) is 0 Å². The van der Waals surface area contributed by atoms with Gasteiger partial charge in [-0.1, -0.05) is 20.8 Å². The van der Waals surface area contributed by atoms with Crippen LogP contribution < -0.4 is 5.73 Å². The van der Waals surface area contributed by atoms with Crippen molar-refractivity contribution in [1.82, 2.24) is 4.90 Å². The van der Waals surface area contributed by atoms with Crippen LogP contribution in [0.15, 0.2) is 0 Å². The van der Waals surface area contributed by atoms with E-state index in [0.29, 0.717) is 17.5 Å². The largest absolute Gasteiger partial charge is 0.326 e. The third-order valence-electron chi connectivity index (χ3n) is 5.70. The third-order valence-corrected chi connectivity index (χ3v) is 5.70. The molecule has 0 heterocycles. The summed E-state index contributed by atoms with van der Waals surface area (Å²) < 4.78 is 0. The zero-order valence-corrected chi connectivity index (χ0v) is 13.1. The Labute approximate surface area is 119 Å². The van der Waals surface area contributed by atoms with E-state index in [4.69, 9.17) is 5.73 Å². The maximum atomic E-state index is 6.51. The van der Waals surface area contributed by atoms with Gasteiger partial charge in [-0.3, -0.25) is 4.90 Å². The lowest BCUT2D eigenvalue weighted by molar-refractivity contribution is 0.0613. The van der Waals surface area contributed by atoms with Gasteiger partial charge >= 0.3 is 0 Å². The Morgan fingerprint density at radius 3 is 2.21 bits per heavy atom. The summed E-state index contributed by atoms with van der Waals surface area (Å²) in [6, 6.07) is 1.99. The molecular formula is C17H32N2. The smallest absolute Gasteiger partial charge is 0.0253 e. The van der Waals surface area contributed by atoms with Crippen molar-refractivity contribution < 1.29 is 0 Å². The molecule has 3 aliphatic rings. The van der Waals surface area contributed by atoms with Crippen molar-refractivity contribution in [2.45, 2.75) is 83.8 Å². The van der Waals surface area contributed by atoms with Gasteiger partial charge in [-0.15, -0.1) is 0 Å². The number of nitrogens with zero attached hydrogens (tertiary/aromatic N) is 1. The van der Waals surface area contributed by atoms with Gasteiger partial charge in [0.2, 0.25) is 0 Å². The van der Waals surface area contributed by atoms with Crippen molar-refractivity contribution in [2.75, 3.05) is 6.54 Å². The van der Waals surface area contributed by atoms with Gasteiger partial charge in [0.05, 0.1) is 0 Å². The molecule has 2 heteroatoms. The minimum atomic E-state index is 0.429. The first kappa shape index (κ1) is 13.9. The molecule has 3 fully saturated rings. The summed E-state index contributed by atoms with van der Waals surface area (Å²) in [6.07, 6.45) is 9.70. The first-order valence-electron chi connectivity index (χ1n) is 8.46. The van der Waals surface area contributed by atoms with Gasteiger partial charge in [0.1, 0.15) is 0 Å². The van der Waals surface area contributed by atoms with E-state index in [1.807, 2.05) is 0 Å². The van der Waals surface area contributed by atoms with Crippen LogP contribution in [0.4, 0.5) is 0 Å². The number of hydrogen-bond acceptors (Lipinski definition) is 2. The summed E-state index contributed by atoms with van der Waals surface area (Å²) in [5.74, 6) is 1.86. The number of hydrogen-bond donors (Lipinski definition) is 1. The SMILES string of the molecule is CC(C)(C)C1CCC(N)C(N(CC2CC2)C2CC2)C1. The van der Waals surface area contributed by atoms with E-state index < -0.39 is 0 Å². The quantitative estimate of drug-likeness (QED) is 0.843. The molecule has 3 rings (SSSR count). The van der Waals surface area contributed by atoms with Crippen LogP contribution in [0.3, 0.4) is 0 Å². The van der Waals surface area contributed by atoms with E-state index in [9.17, 15) is 0 Å². The van der Waals surface area contributed by atoms with E-state index in [1.54, 1.807) is 0 Å². The average molecular weight is 264 g/mol. The van der Waals surface area contributed by atoms with E-state index in [-0.39, 0.29) is 0 Å². The number of nitrogens with two attached hydrogens (primary N) is 1. The van der Waals surface area contributed by atoms with E-state index in [1.165, 1.54) is 51.5 Å². The predicted octanol–water partition coefficient (Wildman–Crippen LogP) is 3.40. The molecule has 0 aliphatic heterocycles. The fourth-order valence-corrected chi connectivity index (χ4v) is 3.90. The molecular weight excluding hydrogens is 232 g/mol. The topological polar surface area (TPSA) is 29.3 Å². The molecule has 0 radical (unpaired) electrons. The van der Waals surface area contributed by atoms with Crippen LogP contribution in [0.1, 0.15) is 65.7 Å². The molecule has 0 bridgehead atoms. The molecule has 0 spiro atoms. The van der Waals surface area contributed by atoms with E-state index in [0.717, 1.165) is 17.9 Å². The monoisotopic (exact) mass is 264 g/mol. The Morgan fingerprint density at radius 2 is 1.68 bits per heavy atom. The van der Waals surface area contributed by atoms with Gasteiger partial charge in [0, 0.05) is 24.7 Å². The van der Waals surface area contributed by atoms with Gasteiger partial charge in [0.15, 0.2) is 0 Å². The van der Waals surface area contributed by atoms with E-state index >= 15 is 0 Å². The van der Waals surface area contributed by atoms with Crippen LogP contribution in [0, 0.1) is 17.3 Å². The van der Waals surface area contributed by atoms with Crippen molar-refractivity contribution in [3.05, 3.63) is 0 Å². The van der Waals surface area contributed by atoms with Crippen LogP contribution in [-0.4, -0.2) is 29.6 Å². The summed E-state index contributed by atoms with van der Waals surface area (Å²) in [5.41, 5.74) is 6.96. The molecule has 0 aromatic carbocycles. The summed E-state index contributed by atoms with van der Waals surface area (Å²) >= 11 is 0. The second-order valence-corrected chi connectivity index (χ2v) is 8.48. The Hall–Kier alpha value is -0.0800. The predicted molar refractivity (Wildman–Crippen MR) is 81.0 cm³/mol. The zero-order chi connectivity index (χ0) is 13.6. The molecule has 110 valence electrons. The summed E-state index contributed by atoms with van der Waals surface area (Å²) in [5, 5.41) is 0. The molecule has 3 saturated carbocycles. The van der Waals surface area contributed by atoms with Gasteiger partial charge in [0.25, 0.3) is 0 Å². The second kappa shape index (κ2) is 5.04. The highest BCUT2D eigenvalue weighted by atomic mass is 15.2. The first-order valence-corrected chi connectivity index (χ1v) is 8.46. The summed E-state index contributed by atoms with van der Waals surface area (Å²) in [6.45, 7) is 8.58. The summed E-state index contributed by atoms with van der Waals surface area (Å²) in [4.78, 5) is 2.83. The fraction of sp³-hybridized carbons (Fsp3) is 1.00. The van der Waals surface area contributed by atoms with Crippen molar-refractivity contribution in [3.63, 3.8) is 0 Å². The van der Waals surface area contributed by atoms with Crippen LogP contribution in [0.2, 0.25) is 0 Å². The first-order chi connectivity index (χ1) is 8.95. The fourth-order valence-electron chi connectivity index (χ4n) is 3.90. The van der Waals surface area contributed by atoms with Gasteiger partial charge in [-0.2, -0.15) is 0 Å². The van der Waals surface area contributed by atoms with Crippen LogP contribution in [0.5, 0.6) is 0 Å². The molecule has 19 heavy (non-hydrogen) atoms. The lowest BCUT2D eigenvalue weighted by Gasteiger charge is -2.45. The standard InChI is InChI=1S/C17H32N2/c1-17(2,3)13-6-9-15(18)16(10-13)19(14-7-8-14)11-12-4-5-12/h12-16H,4-11,18H2,1-3H3. The highest BCUT2D eigenvalue weighted by Gasteiger charge is 2.43. The highest BCUT2D eigenvalue weighted by molar-refractivity contribution is 4.99. The lowest BCUT2D eigenvalue weighted by atomic mass is 9.69. The van der Waals surface area contributed by atoms with Gasteiger partial charge in [-0.05, 0) is 62.2 Å². The number of rotatable bonds is 4. The highest BCUT2D eigenvalue weighted by Crippen LogP contribution is 2.43. The van der Waals surface area contributed by atoms with Gasteiger partial charge < -0.3 is 5.73 Å². The molecule has 0 saturated heterocycles.